The maximum atomic E-state index is 11.9. The largest absolute Gasteiger partial charge is 0.494 e. The van der Waals surface area contributed by atoms with Crippen LogP contribution >= 0.6 is 0 Å². The number of hydrazone groups is 1. The number of amides is 2. The SMILES string of the molecule is CCOc1ccc(NC(=O)CCC(=O)N/N=C(\C)CCc2ccco2)cc1. The van der Waals surface area contributed by atoms with E-state index in [1.807, 2.05) is 26.0 Å². The summed E-state index contributed by atoms with van der Waals surface area (Å²) in [6.45, 7) is 4.33. The van der Waals surface area contributed by atoms with Crippen LogP contribution in [-0.2, 0) is 16.0 Å². The van der Waals surface area contributed by atoms with Gasteiger partial charge in [0.05, 0.1) is 12.9 Å². The Morgan fingerprint density at radius 2 is 1.81 bits per heavy atom. The summed E-state index contributed by atoms with van der Waals surface area (Å²) in [5.74, 6) is 1.10. The Kier molecular flexibility index (Phi) is 8.09. The molecule has 0 aliphatic rings. The Bertz CT molecular complexity index is 752. The first-order valence-corrected chi connectivity index (χ1v) is 8.94. The fraction of sp³-hybridized carbons (Fsp3) is 0.350. The van der Waals surface area contributed by atoms with Gasteiger partial charge in [-0.25, -0.2) is 5.43 Å². The van der Waals surface area contributed by atoms with E-state index in [0.717, 1.165) is 23.6 Å². The van der Waals surface area contributed by atoms with Gasteiger partial charge in [0.25, 0.3) is 0 Å². The number of hydrogen-bond acceptors (Lipinski definition) is 5. The summed E-state index contributed by atoms with van der Waals surface area (Å²) in [6.07, 6.45) is 3.19. The van der Waals surface area contributed by atoms with Crippen LogP contribution in [0, 0.1) is 0 Å². The van der Waals surface area contributed by atoms with Crippen molar-refractivity contribution in [1.82, 2.24) is 5.43 Å². The van der Waals surface area contributed by atoms with Crippen LogP contribution in [-0.4, -0.2) is 24.1 Å². The quantitative estimate of drug-likeness (QED) is 0.494. The third-order valence-corrected chi connectivity index (χ3v) is 3.71. The zero-order chi connectivity index (χ0) is 19.5. The molecule has 0 saturated carbocycles. The number of carbonyl (C=O) groups is 2. The van der Waals surface area contributed by atoms with Crippen LogP contribution in [0.5, 0.6) is 5.75 Å². The van der Waals surface area contributed by atoms with Gasteiger partial charge in [0.1, 0.15) is 11.5 Å². The Labute approximate surface area is 158 Å². The van der Waals surface area contributed by atoms with Gasteiger partial charge in [-0.15, -0.1) is 0 Å². The van der Waals surface area contributed by atoms with Crippen LogP contribution < -0.4 is 15.5 Å². The topological polar surface area (TPSA) is 92.9 Å². The first kappa shape index (κ1) is 20.2. The molecule has 0 bridgehead atoms. The van der Waals surface area contributed by atoms with Gasteiger partial charge in [0, 0.05) is 30.7 Å². The van der Waals surface area contributed by atoms with Crippen molar-refractivity contribution in [2.45, 2.75) is 39.5 Å². The van der Waals surface area contributed by atoms with Crippen molar-refractivity contribution < 1.29 is 18.7 Å². The Morgan fingerprint density at radius 3 is 2.48 bits per heavy atom. The van der Waals surface area contributed by atoms with Gasteiger partial charge in [0.2, 0.25) is 11.8 Å². The van der Waals surface area contributed by atoms with Crippen LogP contribution in [0.3, 0.4) is 0 Å². The molecule has 1 aromatic carbocycles. The van der Waals surface area contributed by atoms with Crippen molar-refractivity contribution in [3.63, 3.8) is 0 Å². The number of anilines is 1. The Hall–Kier alpha value is -3.09. The van der Waals surface area contributed by atoms with E-state index in [1.54, 1.807) is 30.5 Å². The van der Waals surface area contributed by atoms with Crippen molar-refractivity contribution >= 4 is 23.2 Å². The summed E-state index contributed by atoms with van der Waals surface area (Å²) in [6, 6.07) is 10.8. The summed E-state index contributed by atoms with van der Waals surface area (Å²) in [5.41, 5.74) is 3.93. The minimum Gasteiger partial charge on any atom is -0.494 e. The molecule has 1 aromatic heterocycles. The number of rotatable bonds is 10. The third-order valence-electron chi connectivity index (χ3n) is 3.71. The molecular weight excluding hydrogens is 346 g/mol. The van der Waals surface area contributed by atoms with Gasteiger partial charge in [-0.1, -0.05) is 0 Å². The normalized spacial score (nSPS) is 11.1. The Balaban J connectivity index is 1.66. The highest BCUT2D eigenvalue weighted by Crippen LogP contribution is 2.15. The molecular formula is C20H25N3O4. The van der Waals surface area contributed by atoms with Gasteiger partial charge >= 0.3 is 0 Å². The summed E-state index contributed by atoms with van der Waals surface area (Å²) < 4.78 is 10.6. The predicted molar refractivity (Wildman–Crippen MR) is 104 cm³/mol. The molecule has 0 unspecified atom stereocenters. The number of nitrogens with zero attached hydrogens (tertiary/aromatic N) is 1. The number of aryl methyl sites for hydroxylation is 1. The van der Waals surface area contributed by atoms with Crippen molar-refractivity contribution in [2.24, 2.45) is 5.10 Å². The lowest BCUT2D eigenvalue weighted by Crippen LogP contribution is -2.21. The summed E-state index contributed by atoms with van der Waals surface area (Å²) in [7, 11) is 0. The maximum Gasteiger partial charge on any atom is 0.240 e. The van der Waals surface area contributed by atoms with E-state index in [4.69, 9.17) is 9.15 Å². The second kappa shape index (κ2) is 10.8. The highest BCUT2D eigenvalue weighted by molar-refractivity contribution is 5.93. The third kappa shape index (κ3) is 7.77. The second-order valence-electron chi connectivity index (χ2n) is 5.97. The number of nitrogens with one attached hydrogen (secondary N) is 2. The summed E-state index contributed by atoms with van der Waals surface area (Å²) >= 11 is 0. The van der Waals surface area contributed by atoms with E-state index in [1.165, 1.54) is 0 Å². The molecule has 7 heteroatoms. The average molecular weight is 371 g/mol. The number of benzene rings is 1. The molecule has 0 fully saturated rings. The van der Waals surface area contributed by atoms with Crippen LogP contribution in [0.2, 0.25) is 0 Å². The zero-order valence-corrected chi connectivity index (χ0v) is 15.7. The average Bonchev–Trinajstić information content (AvgIpc) is 3.18. The zero-order valence-electron chi connectivity index (χ0n) is 15.7. The van der Waals surface area contributed by atoms with Gasteiger partial charge in [-0.2, -0.15) is 5.10 Å². The predicted octanol–water partition coefficient (Wildman–Crippen LogP) is 3.52. The summed E-state index contributed by atoms with van der Waals surface area (Å²) in [4.78, 5) is 23.8. The lowest BCUT2D eigenvalue weighted by molar-refractivity contribution is -0.124. The maximum absolute atomic E-state index is 11.9. The van der Waals surface area contributed by atoms with E-state index in [9.17, 15) is 9.59 Å². The molecule has 0 atom stereocenters. The highest BCUT2D eigenvalue weighted by Gasteiger charge is 2.07. The standard InChI is InChI=1S/C20H25N3O4/c1-3-26-18-10-7-16(8-11-18)21-19(24)12-13-20(25)23-22-15(2)6-9-17-5-4-14-27-17/h4-5,7-8,10-11,14H,3,6,9,12-13H2,1-2H3,(H,21,24)(H,23,25)/b22-15+. The van der Waals surface area contributed by atoms with Crippen LogP contribution in [0.1, 0.15) is 38.9 Å². The van der Waals surface area contributed by atoms with Crippen LogP contribution in [0.4, 0.5) is 5.69 Å². The van der Waals surface area contributed by atoms with Crippen LogP contribution in [0.15, 0.2) is 52.2 Å². The van der Waals surface area contributed by atoms with E-state index in [-0.39, 0.29) is 24.7 Å². The van der Waals surface area contributed by atoms with Gasteiger partial charge in [-0.05, 0) is 56.7 Å². The lowest BCUT2D eigenvalue weighted by Gasteiger charge is -2.07. The van der Waals surface area contributed by atoms with Crippen molar-refractivity contribution in [3.8, 4) is 5.75 Å². The molecule has 27 heavy (non-hydrogen) atoms. The number of ether oxygens (including phenoxy) is 1. The monoisotopic (exact) mass is 371 g/mol. The summed E-state index contributed by atoms with van der Waals surface area (Å²) in [5, 5.41) is 6.79. The smallest absolute Gasteiger partial charge is 0.240 e. The first-order chi connectivity index (χ1) is 13.1. The molecule has 2 aromatic rings. The number of furan rings is 1. The molecule has 2 amide bonds. The molecule has 0 spiro atoms. The molecule has 1 heterocycles. The molecule has 0 aliphatic carbocycles. The fourth-order valence-corrected chi connectivity index (χ4v) is 2.28. The molecule has 144 valence electrons. The first-order valence-electron chi connectivity index (χ1n) is 8.94. The van der Waals surface area contributed by atoms with Crippen molar-refractivity contribution in [3.05, 3.63) is 48.4 Å². The highest BCUT2D eigenvalue weighted by atomic mass is 16.5. The lowest BCUT2D eigenvalue weighted by atomic mass is 10.2. The van der Waals surface area contributed by atoms with Crippen molar-refractivity contribution in [2.75, 3.05) is 11.9 Å². The van der Waals surface area contributed by atoms with Gasteiger partial charge in [0.15, 0.2) is 0 Å². The Morgan fingerprint density at radius 1 is 1.07 bits per heavy atom. The molecule has 7 nitrogen and oxygen atoms in total. The minimum atomic E-state index is -0.297. The van der Waals surface area contributed by atoms with E-state index >= 15 is 0 Å². The molecule has 2 N–H and O–H groups in total. The molecule has 2 rings (SSSR count). The van der Waals surface area contributed by atoms with Crippen LogP contribution in [0.25, 0.3) is 0 Å². The van der Waals surface area contributed by atoms with E-state index in [2.05, 4.69) is 15.8 Å². The van der Waals surface area contributed by atoms with E-state index in [0.29, 0.717) is 18.7 Å². The van der Waals surface area contributed by atoms with Gasteiger partial charge < -0.3 is 14.5 Å². The van der Waals surface area contributed by atoms with E-state index < -0.39 is 0 Å². The minimum absolute atomic E-state index is 0.0673. The van der Waals surface area contributed by atoms with Gasteiger partial charge in [-0.3, -0.25) is 9.59 Å². The number of carbonyl (C=O) groups excluding carboxylic acids is 2. The molecule has 0 radical (unpaired) electrons. The fourth-order valence-electron chi connectivity index (χ4n) is 2.28. The molecule has 0 saturated heterocycles. The number of hydrogen-bond donors (Lipinski definition) is 2. The van der Waals surface area contributed by atoms with Crippen molar-refractivity contribution in [1.29, 1.82) is 0 Å². The second-order valence-corrected chi connectivity index (χ2v) is 5.97. The molecule has 0 aliphatic heterocycles.